The smallest absolute Gasteiger partial charge is 0.337 e. The molecule has 0 aromatic heterocycles. The Labute approximate surface area is 123 Å². The average molecular weight is 296 g/mol. The molecule has 0 bridgehead atoms. The molecule has 1 rings (SSSR count). The molecular weight excluding hydrogens is 275 g/mol. The first-order chi connectivity index (χ1) is 9.62. The van der Waals surface area contributed by atoms with Gasteiger partial charge in [0.15, 0.2) is 0 Å². The molecule has 5 nitrogen and oxygen atoms in total. The Morgan fingerprint density at radius 1 is 1.33 bits per heavy atom. The van der Waals surface area contributed by atoms with Crippen LogP contribution in [0.4, 0.5) is 14.9 Å². The van der Waals surface area contributed by atoms with E-state index in [1.54, 1.807) is 0 Å². The van der Waals surface area contributed by atoms with Crippen molar-refractivity contribution in [3.63, 3.8) is 0 Å². The van der Waals surface area contributed by atoms with Crippen LogP contribution in [0.5, 0.6) is 0 Å². The van der Waals surface area contributed by atoms with Gasteiger partial charge in [0, 0.05) is 6.54 Å². The Hall–Kier alpha value is -2.11. The number of urea groups is 1. The second kappa shape index (κ2) is 6.56. The summed E-state index contributed by atoms with van der Waals surface area (Å²) in [6, 6.07) is 2.99. The van der Waals surface area contributed by atoms with E-state index in [-0.39, 0.29) is 22.6 Å². The molecule has 0 aliphatic carbocycles. The van der Waals surface area contributed by atoms with Crippen molar-refractivity contribution < 1.29 is 19.1 Å². The van der Waals surface area contributed by atoms with Gasteiger partial charge >= 0.3 is 12.0 Å². The minimum atomic E-state index is -1.30. The van der Waals surface area contributed by atoms with Crippen LogP contribution < -0.4 is 10.6 Å². The highest BCUT2D eigenvalue weighted by Crippen LogP contribution is 2.24. The summed E-state index contributed by atoms with van der Waals surface area (Å²) >= 11 is 0. The van der Waals surface area contributed by atoms with Crippen molar-refractivity contribution in [1.29, 1.82) is 0 Å². The topological polar surface area (TPSA) is 78.4 Å². The molecule has 6 heteroatoms. The first-order valence-electron chi connectivity index (χ1n) is 6.69. The van der Waals surface area contributed by atoms with Gasteiger partial charge in [-0.2, -0.15) is 0 Å². The summed E-state index contributed by atoms with van der Waals surface area (Å²) in [6.07, 6.45) is 0. The van der Waals surface area contributed by atoms with Crippen LogP contribution in [0.2, 0.25) is 0 Å². The van der Waals surface area contributed by atoms with Crippen molar-refractivity contribution in [3.8, 4) is 0 Å². The summed E-state index contributed by atoms with van der Waals surface area (Å²) in [5.41, 5.74) is -0.586. The lowest BCUT2D eigenvalue weighted by atomic mass is 9.82. The fraction of sp³-hybridized carbons (Fsp3) is 0.467. The number of halogens is 1. The molecule has 3 N–H and O–H groups in total. The Bertz CT molecular complexity index is 538. The van der Waals surface area contributed by atoms with Crippen LogP contribution in [0.25, 0.3) is 0 Å². The van der Waals surface area contributed by atoms with E-state index in [0.717, 1.165) is 6.07 Å². The predicted molar refractivity (Wildman–Crippen MR) is 79.0 cm³/mol. The molecule has 0 radical (unpaired) electrons. The van der Waals surface area contributed by atoms with Gasteiger partial charge in [-0.3, -0.25) is 0 Å². The summed E-state index contributed by atoms with van der Waals surface area (Å²) in [4.78, 5) is 22.8. The first-order valence-corrected chi connectivity index (χ1v) is 6.69. The highest BCUT2D eigenvalue weighted by atomic mass is 19.1. The largest absolute Gasteiger partial charge is 0.478 e. The zero-order valence-electron chi connectivity index (χ0n) is 12.7. The maximum absolute atomic E-state index is 13.7. The van der Waals surface area contributed by atoms with Gasteiger partial charge in [-0.05, 0) is 23.5 Å². The van der Waals surface area contributed by atoms with Crippen molar-refractivity contribution in [3.05, 3.63) is 29.6 Å². The molecule has 0 fully saturated rings. The number of carboxylic acids is 1. The van der Waals surface area contributed by atoms with Gasteiger partial charge in [0.1, 0.15) is 5.82 Å². The number of carboxylic acid groups (broad SMARTS) is 1. The number of amides is 2. The summed E-state index contributed by atoms with van der Waals surface area (Å²) in [7, 11) is 0. The van der Waals surface area contributed by atoms with E-state index in [1.807, 2.05) is 6.92 Å². The Kier molecular flexibility index (Phi) is 5.29. The minimum absolute atomic E-state index is 0.0253. The molecule has 21 heavy (non-hydrogen) atoms. The van der Waals surface area contributed by atoms with Gasteiger partial charge in [-0.25, -0.2) is 14.0 Å². The summed E-state index contributed by atoms with van der Waals surface area (Å²) in [5.74, 6) is -1.87. The number of hydrogen-bond acceptors (Lipinski definition) is 2. The Morgan fingerprint density at radius 3 is 2.48 bits per heavy atom. The lowest BCUT2D eigenvalue weighted by Gasteiger charge is -2.27. The number of carbonyl (C=O) groups excluding carboxylic acids is 1. The number of aromatic carboxylic acids is 1. The van der Waals surface area contributed by atoms with Crippen LogP contribution in [0, 0.1) is 17.2 Å². The highest BCUT2D eigenvalue weighted by Gasteiger charge is 2.21. The van der Waals surface area contributed by atoms with Crippen LogP contribution in [0.1, 0.15) is 38.1 Å². The van der Waals surface area contributed by atoms with Crippen LogP contribution in [-0.4, -0.2) is 23.7 Å². The maximum atomic E-state index is 13.7. The summed E-state index contributed by atoms with van der Waals surface area (Å²) in [6.45, 7) is 8.56. The second-order valence-corrected chi connectivity index (χ2v) is 6.07. The Morgan fingerprint density at radius 2 is 1.95 bits per heavy atom. The molecule has 0 spiro atoms. The fourth-order valence-electron chi connectivity index (χ4n) is 1.54. The standard InChI is InChI=1S/C15H21FN2O3/c1-9(15(2,3)4)8-17-14(21)18-12-10(13(19)20)6-5-7-11(12)16/h5-7,9H,8H2,1-4H3,(H,19,20)(H2,17,18,21). The quantitative estimate of drug-likeness (QED) is 0.797. The van der Waals surface area contributed by atoms with Gasteiger partial charge in [0.2, 0.25) is 0 Å². The zero-order chi connectivity index (χ0) is 16.2. The van der Waals surface area contributed by atoms with Crippen molar-refractivity contribution in [2.75, 3.05) is 11.9 Å². The van der Waals surface area contributed by atoms with Crippen molar-refractivity contribution in [1.82, 2.24) is 5.32 Å². The predicted octanol–water partition coefficient (Wildman–Crippen LogP) is 3.33. The fourth-order valence-corrected chi connectivity index (χ4v) is 1.54. The molecule has 1 atom stereocenters. The molecular formula is C15H21FN2O3. The lowest BCUT2D eigenvalue weighted by molar-refractivity contribution is 0.0697. The number of benzene rings is 1. The highest BCUT2D eigenvalue weighted by molar-refractivity contribution is 6.00. The van der Waals surface area contributed by atoms with Crippen LogP contribution in [0.3, 0.4) is 0 Å². The molecule has 0 saturated carbocycles. The number of hydrogen-bond donors (Lipinski definition) is 3. The third-order valence-corrected chi connectivity index (χ3v) is 3.53. The lowest BCUT2D eigenvalue weighted by Crippen LogP contribution is -2.36. The molecule has 0 saturated heterocycles. The van der Waals surface area contributed by atoms with Crippen LogP contribution in [-0.2, 0) is 0 Å². The van der Waals surface area contributed by atoms with E-state index in [1.165, 1.54) is 12.1 Å². The minimum Gasteiger partial charge on any atom is -0.478 e. The molecule has 0 aliphatic heterocycles. The molecule has 1 aromatic rings. The van der Waals surface area contributed by atoms with Gasteiger partial charge in [0.25, 0.3) is 0 Å². The van der Waals surface area contributed by atoms with E-state index in [2.05, 4.69) is 31.4 Å². The molecule has 1 aromatic carbocycles. The van der Waals surface area contributed by atoms with E-state index < -0.39 is 17.8 Å². The van der Waals surface area contributed by atoms with Gasteiger partial charge in [0.05, 0.1) is 11.3 Å². The maximum Gasteiger partial charge on any atom is 0.337 e. The van der Waals surface area contributed by atoms with Crippen molar-refractivity contribution in [2.45, 2.75) is 27.7 Å². The van der Waals surface area contributed by atoms with E-state index in [4.69, 9.17) is 5.11 Å². The van der Waals surface area contributed by atoms with Gasteiger partial charge in [-0.15, -0.1) is 0 Å². The van der Waals surface area contributed by atoms with Gasteiger partial charge in [-0.1, -0.05) is 33.8 Å². The number of carbonyl (C=O) groups is 2. The van der Waals surface area contributed by atoms with Crippen LogP contribution >= 0.6 is 0 Å². The average Bonchev–Trinajstić information content (AvgIpc) is 2.36. The normalized spacial score (nSPS) is 12.6. The third kappa shape index (κ3) is 4.73. The van der Waals surface area contributed by atoms with E-state index >= 15 is 0 Å². The monoisotopic (exact) mass is 296 g/mol. The van der Waals surface area contributed by atoms with Crippen molar-refractivity contribution >= 4 is 17.7 Å². The number of para-hydroxylation sites is 1. The molecule has 116 valence electrons. The second-order valence-electron chi connectivity index (χ2n) is 6.07. The molecule has 0 heterocycles. The van der Waals surface area contributed by atoms with Crippen LogP contribution in [0.15, 0.2) is 18.2 Å². The Balaban J connectivity index is 2.74. The van der Waals surface area contributed by atoms with E-state index in [0.29, 0.717) is 6.54 Å². The zero-order valence-corrected chi connectivity index (χ0v) is 12.7. The number of rotatable bonds is 4. The molecule has 1 unspecified atom stereocenters. The first kappa shape index (κ1) is 16.9. The number of nitrogens with one attached hydrogen (secondary N) is 2. The molecule has 0 aliphatic rings. The summed E-state index contributed by atoms with van der Waals surface area (Å²) in [5, 5.41) is 13.9. The SMILES string of the molecule is CC(CNC(=O)Nc1c(F)cccc1C(=O)O)C(C)(C)C. The number of anilines is 1. The molecule has 2 amide bonds. The summed E-state index contributed by atoms with van der Waals surface area (Å²) < 4.78 is 13.7. The van der Waals surface area contributed by atoms with Crippen molar-refractivity contribution in [2.24, 2.45) is 11.3 Å². The third-order valence-electron chi connectivity index (χ3n) is 3.53. The van der Waals surface area contributed by atoms with Gasteiger partial charge < -0.3 is 15.7 Å². The van der Waals surface area contributed by atoms with E-state index in [9.17, 15) is 14.0 Å².